The van der Waals surface area contributed by atoms with E-state index < -0.39 is 0 Å². The molecular weight excluding hydrogens is 428 g/mol. The number of aromatic nitrogens is 3. The van der Waals surface area contributed by atoms with Gasteiger partial charge >= 0.3 is 0 Å². The van der Waals surface area contributed by atoms with Crippen molar-refractivity contribution in [2.45, 2.75) is 25.3 Å². The summed E-state index contributed by atoms with van der Waals surface area (Å²) in [7, 11) is 0. The van der Waals surface area contributed by atoms with Crippen LogP contribution in [0.15, 0.2) is 78.3 Å². The van der Waals surface area contributed by atoms with Crippen molar-refractivity contribution in [2.75, 3.05) is 13.1 Å². The molecule has 6 heteroatoms. The molecule has 0 radical (unpaired) electrons. The van der Waals surface area contributed by atoms with Crippen molar-refractivity contribution in [2.24, 2.45) is 0 Å². The number of piperidine rings is 1. The van der Waals surface area contributed by atoms with Crippen molar-refractivity contribution in [1.29, 1.82) is 0 Å². The lowest BCUT2D eigenvalue weighted by Crippen LogP contribution is -2.39. The molecule has 33 heavy (non-hydrogen) atoms. The van der Waals surface area contributed by atoms with E-state index >= 15 is 0 Å². The Bertz CT molecular complexity index is 1430. The molecule has 0 atom stereocenters. The van der Waals surface area contributed by atoms with E-state index in [1.165, 1.54) is 10.8 Å². The summed E-state index contributed by atoms with van der Waals surface area (Å²) in [6.07, 6.45) is 4.14. The number of pyridine rings is 1. The van der Waals surface area contributed by atoms with Crippen LogP contribution in [-0.2, 0) is 11.2 Å². The fraction of sp³-hybridized carbons (Fsp3) is 0.222. The minimum atomic E-state index is 0.221. The molecule has 0 N–H and O–H groups in total. The number of hydrogen-bond acceptors (Lipinski definition) is 4. The Morgan fingerprint density at radius 2 is 1.82 bits per heavy atom. The van der Waals surface area contributed by atoms with E-state index in [9.17, 15) is 4.79 Å². The van der Waals surface area contributed by atoms with Gasteiger partial charge in [-0.1, -0.05) is 48.5 Å². The second-order valence-electron chi connectivity index (χ2n) is 8.55. The molecule has 1 amide bonds. The maximum atomic E-state index is 12.8. The van der Waals surface area contributed by atoms with Gasteiger partial charge in [-0.15, -0.1) is 11.3 Å². The van der Waals surface area contributed by atoms with Gasteiger partial charge in [0.1, 0.15) is 11.3 Å². The summed E-state index contributed by atoms with van der Waals surface area (Å²) in [4.78, 5) is 25.7. The van der Waals surface area contributed by atoms with Crippen LogP contribution < -0.4 is 0 Å². The second kappa shape index (κ2) is 8.45. The van der Waals surface area contributed by atoms with E-state index in [1.54, 1.807) is 11.3 Å². The van der Waals surface area contributed by atoms with Crippen molar-refractivity contribution < 1.29 is 4.79 Å². The Labute approximate surface area is 196 Å². The van der Waals surface area contributed by atoms with Crippen LogP contribution >= 0.6 is 11.3 Å². The van der Waals surface area contributed by atoms with Crippen LogP contribution in [0.25, 0.3) is 33.3 Å². The van der Waals surface area contributed by atoms with E-state index in [2.05, 4.69) is 47.0 Å². The maximum Gasteiger partial charge on any atom is 0.227 e. The normalized spacial score (nSPS) is 14.8. The summed E-state index contributed by atoms with van der Waals surface area (Å²) in [6, 6.07) is 23.1. The molecule has 0 bridgehead atoms. The molecule has 1 aliphatic rings. The number of benzene rings is 2. The summed E-state index contributed by atoms with van der Waals surface area (Å²) >= 11 is 1.65. The SMILES string of the molecule is O=C(Cc1cccs1)N1CCC(n2c(-c3cccc4ccccc34)nc3cccnc32)CC1. The fourth-order valence-corrected chi connectivity index (χ4v) is 5.63. The smallest absolute Gasteiger partial charge is 0.227 e. The predicted molar refractivity (Wildman–Crippen MR) is 133 cm³/mol. The number of carbonyl (C=O) groups excluding carboxylic acids is 1. The molecule has 6 rings (SSSR count). The van der Waals surface area contributed by atoms with Gasteiger partial charge in [-0.2, -0.15) is 0 Å². The Morgan fingerprint density at radius 3 is 2.67 bits per heavy atom. The quantitative estimate of drug-likeness (QED) is 0.350. The third-order valence-corrected chi connectivity index (χ3v) is 7.44. The Morgan fingerprint density at radius 1 is 0.970 bits per heavy atom. The van der Waals surface area contributed by atoms with Crippen LogP contribution in [0.3, 0.4) is 0 Å². The average molecular weight is 453 g/mol. The zero-order valence-corrected chi connectivity index (χ0v) is 19.0. The highest BCUT2D eigenvalue weighted by atomic mass is 32.1. The number of hydrogen-bond donors (Lipinski definition) is 0. The van der Waals surface area contributed by atoms with Crippen molar-refractivity contribution in [3.05, 3.63) is 83.2 Å². The summed E-state index contributed by atoms with van der Waals surface area (Å²) in [6.45, 7) is 1.52. The second-order valence-corrected chi connectivity index (χ2v) is 9.58. The minimum Gasteiger partial charge on any atom is -0.342 e. The zero-order valence-electron chi connectivity index (χ0n) is 18.2. The van der Waals surface area contributed by atoms with Gasteiger partial charge in [-0.05, 0) is 47.2 Å². The first-order valence-electron chi connectivity index (χ1n) is 11.4. The molecule has 4 heterocycles. The summed E-state index contributed by atoms with van der Waals surface area (Å²) in [5, 5.41) is 4.43. The zero-order chi connectivity index (χ0) is 22.2. The van der Waals surface area contributed by atoms with Gasteiger partial charge in [-0.3, -0.25) is 4.79 Å². The highest BCUT2D eigenvalue weighted by Gasteiger charge is 2.28. The third-order valence-electron chi connectivity index (χ3n) is 6.57. The molecular formula is C27H24N4OS. The molecule has 0 unspecified atom stereocenters. The van der Waals surface area contributed by atoms with Crippen molar-refractivity contribution in [3.63, 3.8) is 0 Å². The molecule has 1 saturated heterocycles. The van der Waals surface area contributed by atoms with Gasteiger partial charge in [-0.25, -0.2) is 9.97 Å². The van der Waals surface area contributed by atoms with Crippen LogP contribution in [-0.4, -0.2) is 38.4 Å². The maximum absolute atomic E-state index is 12.8. The molecule has 1 aliphatic heterocycles. The molecule has 0 aliphatic carbocycles. The molecule has 5 aromatic rings. The van der Waals surface area contributed by atoms with Crippen molar-refractivity contribution in [1.82, 2.24) is 19.4 Å². The minimum absolute atomic E-state index is 0.221. The van der Waals surface area contributed by atoms with Crippen LogP contribution in [0.2, 0.25) is 0 Å². The van der Waals surface area contributed by atoms with E-state index in [1.807, 2.05) is 40.7 Å². The van der Waals surface area contributed by atoms with Crippen LogP contribution in [0.4, 0.5) is 0 Å². The molecule has 164 valence electrons. The first-order valence-corrected chi connectivity index (χ1v) is 12.3. The number of likely N-dealkylation sites (tertiary alicyclic amines) is 1. The van der Waals surface area contributed by atoms with E-state index in [4.69, 9.17) is 9.97 Å². The number of imidazole rings is 1. The lowest BCUT2D eigenvalue weighted by Gasteiger charge is -2.33. The largest absolute Gasteiger partial charge is 0.342 e. The number of rotatable bonds is 4. The van der Waals surface area contributed by atoms with Gasteiger partial charge in [0.15, 0.2) is 5.65 Å². The summed E-state index contributed by atoms with van der Waals surface area (Å²) in [5.74, 6) is 1.18. The first kappa shape index (κ1) is 20.1. The van der Waals surface area contributed by atoms with E-state index in [0.29, 0.717) is 6.42 Å². The standard InChI is InChI=1S/C27H24N4OS/c32-25(18-21-8-5-17-33-21)30-15-12-20(13-16-30)31-26(29-24-11-4-14-28-27(24)31)23-10-3-7-19-6-1-2-9-22(19)23/h1-11,14,17,20H,12-13,15-16,18H2. The average Bonchev–Trinajstić information content (AvgIpc) is 3.51. The topological polar surface area (TPSA) is 51.0 Å². The van der Waals surface area contributed by atoms with Gasteiger partial charge < -0.3 is 9.47 Å². The van der Waals surface area contributed by atoms with E-state index in [-0.39, 0.29) is 11.9 Å². The van der Waals surface area contributed by atoms with Crippen LogP contribution in [0, 0.1) is 0 Å². The molecule has 1 fully saturated rings. The lowest BCUT2D eigenvalue weighted by atomic mass is 10.0. The Kier molecular flexibility index (Phi) is 5.15. The van der Waals surface area contributed by atoms with Crippen molar-refractivity contribution >= 4 is 39.2 Å². The number of nitrogens with zero attached hydrogens (tertiary/aromatic N) is 4. The molecule has 0 spiro atoms. The number of amides is 1. The highest BCUT2D eigenvalue weighted by molar-refractivity contribution is 7.10. The molecule has 0 saturated carbocycles. The Hall–Kier alpha value is -3.51. The lowest BCUT2D eigenvalue weighted by molar-refractivity contribution is -0.131. The Balaban J connectivity index is 1.34. The monoisotopic (exact) mass is 452 g/mol. The first-order chi connectivity index (χ1) is 16.3. The number of thiophene rings is 1. The van der Waals surface area contributed by atoms with Gasteiger partial charge in [0.05, 0.1) is 6.42 Å². The van der Waals surface area contributed by atoms with Gasteiger partial charge in [0.25, 0.3) is 0 Å². The van der Waals surface area contributed by atoms with Crippen molar-refractivity contribution in [3.8, 4) is 11.4 Å². The molecule has 3 aromatic heterocycles. The van der Waals surface area contributed by atoms with Gasteiger partial charge in [0.2, 0.25) is 5.91 Å². The number of carbonyl (C=O) groups is 1. The van der Waals surface area contributed by atoms with Crippen LogP contribution in [0.1, 0.15) is 23.8 Å². The molecule has 5 nitrogen and oxygen atoms in total. The predicted octanol–water partition coefficient (Wildman–Crippen LogP) is 5.72. The highest BCUT2D eigenvalue weighted by Crippen LogP contribution is 2.35. The summed E-state index contributed by atoms with van der Waals surface area (Å²) < 4.78 is 2.32. The van der Waals surface area contributed by atoms with Gasteiger partial charge in [0, 0.05) is 35.8 Å². The fourth-order valence-electron chi connectivity index (χ4n) is 4.93. The number of fused-ring (bicyclic) bond motifs is 2. The molecule has 2 aromatic carbocycles. The summed E-state index contributed by atoms with van der Waals surface area (Å²) in [5.41, 5.74) is 2.96. The van der Waals surface area contributed by atoms with Crippen LogP contribution in [0.5, 0.6) is 0 Å². The van der Waals surface area contributed by atoms with E-state index in [0.717, 1.165) is 53.4 Å². The third kappa shape index (κ3) is 3.70.